The number of ether oxygens (including phenoxy) is 1. The summed E-state index contributed by atoms with van der Waals surface area (Å²) in [6.07, 6.45) is 1.42. The minimum atomic E-state index is -0.590. The largest absolute Gasteiger partial charge is 0.390 e. The molecule has 154 valence electrons. The zero-order valence-electron chi connectivity index (χ0n) is 16.6. The molecule has 1 fully saturated rings. The number of benzene rings is 2. The minimum Gasteiger partial charge on any atom is -0.390 e. The fourth-order valence-corrected chi connectivity index (χ4v) is 3.99. The Bertz CT molecular complexity index is 818. The molecule has 0 aliphatic carbocycles. The lowest BCUT2D eigenvalue weighted by Gasteiger charge is -2.30. The van der Waals surface area contributed by atoms with Gasteiger partial charge in [-0.05, 0) is 48.2 Å². The molecular weight excluding hydrogens is 366 g/mol. The van der Waals surface area contributed by atoms with Crippen LogP contribution in [0.1, 0.15) is 27.9 Å². The standard InChI is InChI=1S/C23H29N3O3/c27-22(15-26-11-9-17-3-1-2-4-19(17)14-26)13-24-23(28)18-5-7-20(8-6-18)25-21-10-12-29-16-21/h1-8,21-22,25,27H,9-16H2,(H,24,28). The predicted octanol–water partition coefficient (Wildman–Crippen LogP) is 2.04. The van der Waals surface area contributed by atoms with Crippen molar-refractivity contribution >= 4 is 11.6 Å². The molecule has 2 unspecified atom stereocenters. The van der Waals surface area contributed by atoms with Crippen molar-refractivity contribution in [2.24, 2.45) is 0 Å². The van der Waals surface area contributed by atoms with Crippen LogP contribution in [-0.4, -0.2) is 60.9 Å². The van der Waals surface area contributed by atoms with E-state index in [1.54, 1.807) is 12.1 Å². The average Bonchev–Trinajstić information content (AvgIpc) is 3.25. The highest BCUT2D eigenvalue weighted by molar-refractivity contribution is 5.94. The van der Waals surface area contributed by atoms with E-state index in [9.17, 15) is 9.90 Å². The summed E-state index contributed by atoms with van der Waals surface area (Å²) < 4.78 is 5.36. The maximum atomic E-state index is 12.4. The second-order valence-electron chi connectivity index (χ2n) is 7.90. The lowest BCUT2D eigenvalue weighted by Crippen LogP contribution is -2.42. The summed E-state index contributed by atoms with van der Waals surface area (Å²) >= 11 is 0. The highest BCUT2D eigenvalue weighted by Crippen LogP contribution is 2.18. The Morgan fingerprint density at radius 1 is 1.17 bits per heavy atom. The number of nitrogens with zero attached hydrogens (tertiary/aromatic N) is 1. The fourth-order valence-electron chi connectivity index (χ4n) is 3.99. The van der Waals surface area contributed by atoms with Gasteiger partial charge in [-0.2, -0.15) is 0 Å². The van der Waals surface area contributed by atoms with E-state index in [1.165, 1.54) is 11.1 Å². The number of anilines is 1. The highest BCUT2D eigenvalue weighted by atomic mass is 16.5. The monoisotopic (exact) mass is 395 g/mol. The van der Waals surface area contributed by atoms with Crippen LogP contribution in [0.5, 0.6) is 0 Å². The molecule has 6 nitrogen and oxygen atoms in total. The average molecular weight is 396 g/mol. The minimum absolute atomic E-state index is 0.163. The molecule has 0 saturated carbocycles. The molecule has 2 aromatic rings. The van der Waals surface area contributed by atoms with Crippen LogP contribution in [0.25, 0.3) is 0 Å². The van der Waals surface area contributed by atoms with E-state index < -0.39 is 6.10 Å². The number of amides is 1. The molecule has 1 amide bonds. The van der Waals surface area contributed by atoms with E-state index >= 15 is 0 Å². The second kappa shape index (κ2) is 9.39. The van der Waals surface area contributed by atoms with Crippen LogP contribution in [0.2, 0.25) is 0 Å². The van der Waals surface area contributed by atoms with Crippen molar-refractivity contribution in [1.29, 1.82) is 0 Å². The molecule has 2 atom stereocenters. The summed E-state index contributed by atoms with van der Waals surface area (Å²) in [5.41, 5.74) is 4.30. The fraction of sp³-hybridized carbons (Fsp3) is 0.435. The molecule has 0 spiro atoms. The second-order valence-corrected chi connectivity index (χ2v) is 7.90. The summed E-state index contributed by atoms with van der Waals surface area (Å²) in [7, 11) is 0. The first-order chi connectivity index (χ1) is 14.2. The molecule has 0 aromatic heterocycles. The van der Waals surface area contributed by atoms with Crippen molar-refractivity contribution in [2.75, 3.05) is 38.2 Å². The third kappa shape index (κ3) is 5.35. The third-order valence-corrected chi connectivity index (χ3v) is 5.62. The quantitative estimate of drug-likeness (QED) is 0.669. The van der Waals surface area contributed by atoms with Crippen LogP contribution in [-0.2, 0) is 17.7 Å². The van der Waals surface area contributed by atoms with E-state index in [4.69, 9.17) is 4.74 Å². The summed E-state index contributed by atoms with van der Waals surface area (Å²) in [5.74, 6) is -0.163. The molecule has 2 aliphatic rings. The van der Waals surface area contributed by atoms with E-state index in [2.05, 4.69) is 39.8 Å². The van der Waals surface area contributed by atoms with Gasteiger partial charge in [0.15, 0.2) is 0 Å². The summed E-state index contributed by atoms with van der Waals surface area (Å²) in [6, 6.07) is 16.2. The van der Waals surface area contributed by atoms with Crippen LogP contribution >= 0.6 is 0 Å². The van der Waals surface area contributed by atoms with Gasteiger partial charge in [0.2, 0.25) is 0 Å². The molecule has 2 aliphatic heterocycles. The van der Waals surface area contributed by atoms with Crippen molar-refractivity contribution in [3.8, 4) is 0 Å². The van der Waals surface area contributed by atoms with E-state index in [1.807, 2.05) is 12.1 Å². The van der Waals surface area contributed by atoms with Crippen LogP contribution in [0.15, 0.2) is 48.5 Å². The van der Waals surface area contributed by atoms with Gasteiger partial charge in [0, 0.05) is 44.0 Å². The molecule has 29 heavy (non-hydrogen) atoms. The molecular formula is C23H29N3O3. The first kappa shape index (κ1) is 19.9. The van der Waals surface area contributed by atoms with Crippen molar-refractivity contribution < 1.29 is 14.6 Å². The first-order valence-corrected chi connectivity index (χ1v) is 10.4. The number of aliphatic hydroxyl groups excluding tert-OH is 1. The summed E-state index contributed by atoms with van der Waals surface area (Å²) in [5, 5.41) is 16.6. The molecule has 0 bridgehead atoms. The van der Waals surface area contributed by atoms with Crippen LogP contribution in [0.4, 0.5) is 5.69 Å². The van der Waals surface area contributed by atoms with E-state index in [0.717, 1.165) is 44.8 Å². The van der Waals surface area contributed by atoms with Crippen molar-refractivity contribution in [1.82, 2.24) is 10.2 Å². The molecule has 0 radical (unpaired) electrons. The number of hydrogen-bond acceptors (Lipinski definition) is 5. The number of carbonyl (C=O) groups is 1. The number of aliphatic hydroxyl groups is 1. The Hall–Kier alpha value is -2.41. The highest BCUT2D eigenvalue weighted by Gasteiger charge is 2.19. The zero-order valence-corrected chi connectivity index (χ0v) is 16.6. The smallest absolute Gasteiger partial charge is 0.251 e. The number of carbonyl (C=O) groups excluding carboxylic acids is 1. The molecule has 2 aromatic carbocycles. The van der Waals surface area contributed by atoms with E-state index in [0.29, 0.717) is 18.2 Å². The van der Waals surface area contributed by atoms with Crippen LogP contribution < -0.4 is 10.6 Å². The number of nitrogens with one attached hydrogen (secondary N) is 2. The van der Waals surface area contributed by atoms with Crippen LogP contribution in [0, 0.1) is 0 Å². The number of fused-ring (bicyclic) bond motifs is 1. The lowest BCUT2D eigenvalue weighted by atomic mass is 10.00. The Morgan fingerprint density at radius 2 is 1.97 bits per heavy atom. The van der Waals surface area contributed by atoms with Gasteiger partial charge in [-0.25, -0.2) is 0 Å². The maximum absolute atomic E-state index is 12.4. The zero-order chi connectivity index (χ0) is 20.1. The Kier molecular flexibility index (Phi) is 6.44. The topological polar surface area (TPSA) is 73.8 Å². The molecule has 1 saturated heterocycles. The summed E-state index contributed by atoms with van der Waals surface area (Å²) in [6.45, 7) is 4.11. The molecule has 3 N–H and O–H groups in total. The Labute approximate surface area is 171 Å². The SMILES string of the molecule is O=C(NCC(O)CN1CCc2ccccc2C1)c1ccc(NC2CCOC2)cc1. The van der Waals surface area contributed by atoms with Gasteiger partial charge in [-0.15, -0.1) is 0 Å². The molecule has 2 heterocycles. The third-order valence-electron chi connectivity index (χ3n) is 5.62. The van der Waals surface area contributed by atoms with Crippen molar-refractivity contribution in [3.63, 3.8) is 0 Å². The number of hydrogen-bond donors (Lipinski definition) is 3. The number of rotatable bonds is 7. The van der Waals surface area contributed by atoms with Crippen LogP contribution in [0.3, 0.4) is 0 Å². The number of β-amino-alcohol motifs (C(OH)–C–C–N with tert-alkyl or cyclic N) is 1. The Balaban J connectivity index is 1.22. The normalized spacial score (nSPS) is 20.1. The first-order valence-electron chi connectivity index (χ1n) is 10.4. The predicted molar refractivity (Wildman–Crippen MR) is 113 cm³/mol. The van der Waals surface area contributed by atoms with Gasteiger partial charge in [-0.1, -0.05) is 24.3 Å². The lowest BCUT2D eigenvalue weighted by molar-refractivity contribution is 0.0842. The van der Waals surface area contributed by atoms with Gasteiger partial charge in [0.25, 0.3) is 5.91 Å². The maximum Gasteiger partial charge on any atom is 0.251 e. The molecule has 6 heteroatoms. The van der Waals surface area contributed by atoms with Gasteiger partial charge >= 0.3 is 0 Å². The Morgan fingerprint density at radius 3 is 2.72 bits per heavy atom. The van der Waals surface area contributed by atoms with Gasteiger partial charge in [0.1, 0.15) is 0 Å². The van der Waals surface area contributed by atoms with Gasteiger partial charge < -0.3 is 20.5 Å². The van der Waals surface area contributed by atoms with Crippen molar-refractivity contribution in [2.45, 2.75) is 31.5 Å². The van der Waals surface area contributed by atoms with Crippen molar-refractivity contribution in [3.05, 3.63) is 65.2 Å². The van der Waals surface area contributed by atoms with Gasteiger partial charge in [-0.3, -0.25) is 9.69 Å². The molecule has 4 rings (SSSR count). The van der Waals surface area contributed by atoms with Gasteiger partial charge in [0.05, 0.1) is 18.8 Å². The van der Waals surface area contributed by atoms with E-state index in [-0.39, 0.29) is 12.5 Å². The summed E-state index contributed by atoms with van der Waals surface area (Å²) in [4.78, 5) is 14.6.